The average molecular weight is 283 g/mol. The second-order valence-electron chi connectivity index (χ2n) is 5.47. The molecule has 21 heavy (non-hydrogen) atoms. The first kappa shape index (κ1) is 13.8. The van der Waals surface area contributed by atoms with E-state index in [9.17, 15) is 0 Å². The summed E-state index contributed by atoms with van der Waals surface area (Å²) in [6.45, 7) is 1.84. The molecule has 1 atom stereocenters. The van der Waals surface area contributed by atoms with Gasteiger partial charge in [-0.15, -0.1) is 0 Å². The smallest absolute Gasteiger partial charge is 0.226 e. The van der Waals surface area contributed by atoms with E-state index in [1.54, 1.807) is 6.20 Å². The monoisotopic (exact) mass is 283 g/mol. The number of hydrogen-bond donors (Lipinski definition) is 2. The van der Waals surface area contributed by atoms with Gasteiger partial charge in [-0.1, -0.05) is 24.3 Å². The summed E-state index contributed by atoms with van der Waals surface area (Å²) in [6, 6.07) is 10.9. The molecule has 1 aromatic heterocycles. The van der Waals surface area contributed by atoms with Crippen molar-refractivity contribution in [1.29, 1.82) is 0 Å². The van der Waals surface area contributed by atoms with Crippen LogP contribution in [0.1, 0.15) is 17.2 Å². The zero-order valence-electron chi connectivity index (χ0n) is 12.5. The van der Waals surface area contributed by atoms with Gasteiger partial charge >= 0.3 is 0 Å². The predicted molar refractivity (Wildman–Crippen MR) is 85.7 cm³/mol. The fraction of sp³-hybridized carbons (Fsp3) is 0.375. The molecule has 0 fully saturated rings. The van der Waals surface area contributed by atoms with Crippen molar-refractivity contribution in [2.45, 2.75) is 12.5 Å². The molecule has 0 spiro atoms. The van der Waals surface area contributed by atoms with E-state index in [0.717, 1.165) is 31.3 Å². The molecule has 0 saturated carbocycles. The lowest BCUT2D eigenvalue weighted by atomic mass is 9.94. The third-order valence-corrected chi connectivity index (χ3v) is 3.75. The average Bonchev–Trinajstić information content (AvgIpc) is 2.53. The van der Waals surface area contributed by atoms with Crippen LogP contribution in [0.2, 0.25) is 0 Å². The minimum atomic E-state index is 0.327. The summed E-state index contributed by atoms with van der Waals surface area (Å²) in [5, 5.41) is 6.98. The Morgan fingerprint density at radius 1 is 1.29 bits per heavy atom. The van der Waals surface area contributed by atoms with Crippen LogP contribution in [0, 0.1) is 0 Å². The normalized spacial score (nSPS) is 17.1. The second-order valence-corrected chi connectivity index (χ2v) is 5.47. The van der Waals surface area contributed by atoms with Crippen molar-refractivity contribution in [2.75, 3.05) is 37.4 Å². The Hall–Kier alpha value is -2.14. The van der Waals surface area contributed by atoms with Crippen LogP contribution in [0.5, 0.6) is 0 Å². The number of nitrogens with zero attached hydrogens (tertiary/aromatic N) is 3. The van der Waals surface area contributed by atoms with Gasteiger partial charge < -0.3 is 15.5 Å². The summed E-state index contributed by atoms with van der Waals surface area (Å²) in [5.41, 5.74) is 2.83. The Kier molecular flexibility index (Phi) is 4.01. The van der Waals surface area contributed by atoms with E-state index < -0.39 is 0 Å². The molecule has 0 saturated heterocycles. The molecular formula is C16H21N5. The fourth-order valence-electron chi connectivity index (χ4n) is 2.64. The van der Waals surface area contributed by atoms with E-state index in [1.807, 2.05) is 25.1 Å². The molecule has 1 aliphatic heterocycles. The summed E-state index contributed by atoms with van der Waals surface area (Å²) in [7, 11) is 3.89. The molecule has 0 aliphatic carbocycles. The number of rotatable bonds is 4. The maximum Gasteiger partial charge on any atom is 0.226 e. The van der Waals surface area contributed by atoms with Gasteiger partial charge in [-0.3, -0.25) is 0 Å². The topological polar surface area (TPSA) is 53.1 Å². The first-order valence-corrected chi connectivity index (χ1v) is 7.29. The van der Waals surface area contributed by atoms with Crippen LogP contribution in [-0.2, 0) is 6.42 Å². The van der Waals surface area contributed by atoms with Gasteiger partial charge in [0.2, 0.25) is 5.95 Å². The Labute approximate surface area is 125 Å². The largest absolute Gasteiger partial charge is 0.368 e. The lowest BCUT2D eigenvalue weighted by molar-refractivity contribution is 0.523. The first-order chi connectivity index (χ1) is 10.2. The standard InChI is InChI=1S/C16H21N5/c1-21(2)16-18-10-8-15(20-16)19-11-14-13-6-4-3-5-12(13)7-9-17-14/h3-6,8,10,14,17H,7,9,11H2,1-2H3,(H,18,19,20). The predicted octanol–water partition coefficient (Wildman–Crippen LogP) is 1.84. The Balaban J connectivity index is 1.70. The number of fused-ring (bicyclic) bond motifs is 1. The molecule has 2 aromatic rings. The van der Waals surface area contributed by atoms with Crippen LogP contribution >= 0.6 is 0 Å². The maximum atomic E-state index is 4.49. The van der Waals surface area contributed by atoms with Gasteiger partial charge in [0.15, 0.2) is 0 Å². The Bertz CT molecular complexity index is 611. The van der Waals surface area contributed by atoms with Crippen molar-refractivity contribution in [3.63, 3.8) is 0 Å². The van der Waals surface area contributed by atoms with Gasteiger partial charge in [-0.25, -0.2) is 4.98 Å². The van der Waals surface area contributed by atoms with Crippen LogP contribution in [0.15, 0.2) is 36.5 Å². The van der Waals surface area contributed by atoms with Crippen molar-refractivity contribution in [3.8, 4) is 0 Å². The maximum absolute atomic E-state index is 4.49. The van der Waals surface area contributed by atoms with Crippen LogP contribution in [0.4, 0.5) is 11.8 Å². The third-order valence-electron chi connectivity index (χ3n) is 3.75. The molecule has 3 rings (SSSR count). The molecule has 0 amide bonds. The van der Waals surface area contributed by atoms with Crippen LogP contribution in [0.25, 0.3) is 0 Å². The van der Waals surface area contributed by atoms with Gasteiger partial charge in [0.1, 0.15) is 5.82 Å². The summed E-state index contributed by atoms with van der Waals surface area (Å²) in [5.74, 6) is 1.58. The fourth-order valence-corrected chi connectivity index (χ4v) is 2.64. The molecule has 0 radical (unpaired) electrons. The molecule has 1 unspecified atom stereocenters. The minimum absolute atomic E-state index is 0.327. The molecule has 0 bridgehead atoms. The van der Waals surface area contributed by atoms with Gasteiger partial charge in [-0.05, 0) is 30.2 Å². The Morgan fingerprint density at radius 3 is 3.00 bits per heavy atom. The van der Waals surface area contributed by atoms with Gasteiger partial charge in [-0.2, -0.15) is 4.98 Å². The van der Waals surface area contributed by atoms with E-state index in [1.165, 1.54) is 11.1 Å². The van der Waals surface area contributed by atoms with Crippen LogP contribution in [-0.4, -0.2) is 37.2 Å². The highest BCUT2D eigenvalue weighted by Gasteiger charge is 2.18. The zero-order chi connectivity index (χ0) is 14.7. The van der Waals surface area contributed by atoms with Gasteiger partial charge in [0.05, 0.1) is 0 Å². The van der Waals surface area contributed by atoms with Crippen molar-refractivity contribution in [1.82, 2.24) is 15.3 Å². The van der Waals surface area contributed by atoms with Gasteiger partial charge in [0, 0.05) is 32.9 Å². The summed E-state index contributed by atoms with van der Waals surface area (Å²) in [4.78, 5) is 10.6. The molecule has 5 heteroatoms. The molecule has 5 nitrogen and oxygen atoms in total. The van der Waals surface area contributed by atoms with Crippen molar-refractivity contribution in [2.24, 2.45) is 0 Å². The highest BCUT2D eigenvalue weighted by atomic mass is 15.2. The van der Waals surface area contributed by atoms with Crippen molar-refractivity contribution in [3.05, 3.63) is 47.7 Å². The Morgan fingerprint density at radius 2 is 2.14 bits per heavy atom. The van der Waals surface area contributed by atoms with E-state index in [0.29, 0.717) is 6.04 Å². The lowest BCUT2D eigenvalue weighted by Gasteiger charge is -2.27. The lowest BCUT2D eigenvalue weighted by Crippen LogP contribution is -2.34. The molecular weight excluding hydrogens is 262 g/mol. The SMILES string of the molecule is CN(C)c1nccc(NCC2NCCc3ccccc32)n1. The third kappa shape index (κ3) is 3.13. The van der Waals surface area contributed by atoms with Crippen molar-refractivity contribution >= 4 is 11.8 Å². The van der Waals surface area contributed by atoms with E-state index in [4.69, 9.17) is 0 Å². The van der Waals surface area contributed by atoms with E-state index in [2.05, 4.69) is 44.9 Å². The van der Waals surface area contributed by atoms with Gasteiger partial charge in [0.25, 0.3) is 0 Å². The highest BCUT2D eigenvalue weighted by Crippen LogP contribution is 2.22. The quantitative estimate of drug-likeness (QED) is 0.897. The molecule has 2 N–H and O–H groups in total. The zero-order valence-corrected chi connectivity index (χ0v) is 12.5. The number of anilines is 2. The highest BCUT2D eigenvalue weighted by molar-refractivity contribution is 5.41. The van der Waals surface area contributed by atoms with Crippen LogP contribution < -0.4 is 15.5 Å². The number of nitrogens with one attached hydrogen (secondary N) is 2. The minimum Gasteiger partial charge on any atom is -0.368 e. The number of benzene rings is 1. The number of aromatic nitrogens is 2. The molecule has 110 valence electrons. The first-order valence-electron chi connectivity index (χ1n) is 7.29. The summed E-state index contributed by atoms with van der Waals surface area (Å²) >= 11 is 0. The molecule has 1 aromatic carbocycles. The van der Waals surface area contributed by atoms with E-state index >= 15 is 0 Å². The molecule has 1 aliphatic rings. The summed E-state index contributed by atoms with van der Waals surface area (Å²) in [6.07, 6.45) is 2.89. The summed E-state index contributed by atoms with van der Waals surface area (Å²) < 4.78 is 0. The van der Waals surface area contributed by atoms with E-state index in [-0.39, 0.29) is 0 Å². The van der Waals surface area contributed by atoms with Crippen molar-refractivity contribution < 1.29 is 0 Å². The number of hydrogen-bond acceptors (Lipinski definition) is 5. The molecule has 2 heterocycles. The second kappa shape index (κ2) is 6.10. The van der Waals surface area contributed by atoms with Crippen LogP contribution in [0.3, 0.4) is 0 Å².